The van der Waals surface area contributed by atoms with Crippen LogP contribution in [0.1, 0.15) is 12.5 Å². The number of halogens is 2. The van der Waals surface area contributed by atoms with E-state index in [0.29, 0.717) is 0 Å². The van der Waals surface area contributed by atoms with E-state index in [1.165, 1.54) is 10.9 Å². The topological polar surface area (TPSA) is 257 Å². The summed E-state index contributed by atoms with van der Waals surface area (Å²) in [5, 5.41) is 20.1. The first-order chi connectivity index (χ1) is 20.0. The van der Waals surface area contributed by atoms with Gasteiger partial charge in [-0.15, -0.1) is 0 Å². The number of aliphatic hydroxyl groups is 2. The Morgan fingerprint density at radius 3 is 2.48 bits per heavy atom. The number of fused-ring (bicyclic) bond motifs is 2. The van der Waals surface area contributed by atoms with Gasteiger partial charge in [0.05, 0.1) is 25.9 Å². The Balaban J connectivity index is 1.19. The van der Waals surface area contributed by atoms with Crippen molar-refractivity contribution in [2.45, 2.75) is 49.2 Å². The molecule has 0 spiro atoms. The Hall–Kier alpha value is -3.27. The fourth-order valence-electron chi connectivity index (χ4n) is 4.78. The molecule has 2 fully saturated rings. The highest BCUT2D eigenvalue weighted by atomic mass is 32.5. The Bertz CT molecular complexity index is 1740. The lowest BCUT2D eigenvalue weighted by Gasteiger charge is -2.26. The van der Waals surface area contributed by atoms with Gasteiger partial charge in [0, 0.05) is 0 Å². The predicted molar refractivity (Wildman–Crippen MR) is 140 cm³/mol. The Kier molecular flexibility index (Phi) is 7.40. The SMILES string of the molecule is Nc1nc2c(ncn2C2O[C@H](CO)[C@H](F)[C@H]2OP(O)(=S)OC[C@H]2O[C@@H](n3cnc4c(N)ncnc43)[C@@H](F)[C@@H]2O)c(=O)[nH]1. The number of hydrogen-bond acceptors (Lipinski definition) is 15. The molecule has 4 aromatic rings. The molecule has 0 saturated carbocycles. The number of nitrogen functional groups attached to an aromatic ring is 2. The van der Waals surface area contributed by atoms with Crippen LogP contribution in [0.4, 0.5) is 20.5 Å². The number of aromatic nitrogens is 8. The smallest absolute Gasteiger partial charge is 0.325 e. The third-order valence-electron chi connectivity index (χ3n) is 6.78. The van der Waals surface area contributed by atoms with Crippen molar-refractivity contribution in [2.24, 2.45) is 0 Å². The van der Waals surface area contributed by atoms with Crippen molar-refractivity contribution in [2.75, 3.05) is 24.7 Å². The van der Waals surface area contributed by atoms with Crippen LogP contribution in [-0.2, 0) is 30.3 Å². The highest BCUT2D eigenvalue weighted by Gasteiger charge is 2.51. The summed E-state index contributed by atoms with van der Waals surface area (Å²) in [5.41, 5.74) is 10.8. The van der Waals surface area contributed by atoms with Gasteiger partial charge in [0.25, 0.3) is 5.56 Å². The van der Waals surface area contributed by atoms with E-state index < -0.39 is 74.7 Å². The summed E-state index contributed by atoms with van der Waals surface area (Å²) in [6.07, 6.45) is -9.52. The molecule has 0 amide bonds. The number of nitrogens with one attached hydrogen (secondary N) is 1. The van der Waals surface area contributed by atoms with Crippen LogP contribution >= 0.6 is 6.72 Å². The molecule has 18 nitrogen and oxygen atoms in total. The lowest BCUT2D eigenvalue weighted by Crippen LogP contribution is -2.33. The Morgan fingerprint density at radius 1 is 1.05 bits per heavy atom. The average molecular weight is 633 g/mol. The third kappa shape index (κ3) is 4.91. The van der Waals surface area contributed by atoms with E-state index in [-0.39, 0.29) is 34.1 Å². The molecule has 2 unspecified atom stereocenters. The summed E-state index contributed by atoms with van der Waals surface area (Å²) in [4.78, 5) is 45.1. The van der Waals surface area contributed by atoms with E-state index in [9.17, 15) is 19.9 Å². The molecule has 4 aromatic heterocycles. The molecule has 6 heterocycles. The first-order valence-corrected chi connectivity index (χ1v) is 14.8. The summed E-state index contributed by atoms with van der Waals surface area (Å²) >= 11 is 5.06. The van der Waals surface area contributed by atoms with Gasteiger partial charge in [-0.2, -0.15) is 4.98 Å². The first kappa shape index (κ1) is 28.8. The lowest BCUT2D eigenvalue weighted by molar-refractivity contribution is -0.0553. The number of ether oxygens (including phenoxy) is 2. The summed E-state index contributed by atoms with van der Waals surface area (Å²) < 4.78 is 54.7. The van der Waals surface area contributed by atoms with Gasteiger partial charge in [0.15, 0.2) is 47.4 Å². The molecule has 2 aliphatic heterocycles. The van der Waals surface area contributed by atoms with Crippen molar-refractivity contribution < 1.29 is 42.4 Å². The van der Waals surface area contributed by atoms with Gasteiger partial charge in [-0.3, -0.25) is 23.4 Å². The van der Waals surface area contributed by atoms with Crippen molar-refractivity contribution in [3.8, 4) is 0 Å². The molecule has 0 radical (unpaired) electrons. The highest BCUT2D eigenvalue weighted by molar-refractivity contribution is 8.07. The maximum absolute atomic E-state index is 15.3. The van der Waals surface area contributed by atoms with Crippen molar-refractivity contribution in [3.05, 3.63) is 29.3 Å². The van der Waals surface area contributed by atoms with Crippen molar-refractivity contribution in [3.63, 3.8) is 0 Å². The molecule has 0 aliphatic carbocycles. The second kappa shape index (κ2) is 10.8. The number of H-pyrrole nitrogens is 1. The number of rotatable bonds is 8. The maximum atomic E-state index is 15.3. The van der Waals surface area contributed by atoms with Crippen LogP contribution in [0.3, 0.4) is 0 Å². The second-order valence-electron chi connectivity index (χ2n) is 9.38. The summed E-state index contributed by atoms with van der Waals surface area (Å²) in [6, 6.07) is 0. The first-order valence-electron chi connectivity index (χ1n) is 12.2. The zero-order valence-corrected chi connectivity index (χ0v) is 22.8. The van der Waals surface area contributed by atoms with E-state index in [0.717, 1.165) is 17.2 Å². The second-order valence-corrected chi connectivity index (χ2v) is 12.2. The monoisotopic (exact) mass is 632 g/mol. The van der Waals surface area contributed by atoms with Crippen LogP contribution in [0.2, 0.25) is 0 Å². The summed E-state index contributed by atoms with van der Waals surface area (Å²) in [7, 11) is 0. The number of anilines is 2. The van der Waals surface area contributed by atoms with E-state index in [2.05, 4.69) is 29.9 Å². The van der Waals surface area contributed by atoms with Crippen LogP contribution in [0.25, 0.3) is 22.3 Å². The highest BCUT2D eigenvalue weighted by Crippen LogP contribution is 2.51. The standard InChI is InChI=1S/C20H23F2N10O8PS/c21-8-6(1-33)38-19(32-5-28-11-16(32)29-20(24)30-17(11)35)13(8)40-41(36,42)37-2-7-12(34)9(22)18(39-7)31-4-27-10-14(23)25-3-26-15(10)31/h3-9,12-13,18-19,33-34H,1-2H2,(H,36,42)(H2,23,25,26)(H3,24,29,30,35)/t6-,7-,8+,9+,12-,13-,18-,19?,41?/m1/s1. The number of aliphatic hydroxyl groups excluding tert-OH is 2. The molecule has 22 heteroatoms. The van der Waals surface area contributed by atoms with Gasteiger partial charge in [-0.05, 0) is 11.8 Å². The van der Waals surface area contributed by atoms with Crippen LogP contribution in [-0.4, -0.2) is 104 Å². The maximum Gasteiger partial charge on any atom is 0.325 e. The lowest BCUT2D eigenvalue weighted by atomic mass is 10.1. The van der Waals surface area contributed by atoms with Crippen molar-refractivity contribution >= 4 is 52.6 Å². The zero-order chi connectivity index (χ0) is 29.9. The summed E-state index contributed by atoms with van der Waals surface area (Å²) in [5.74, 6) is -0.195. The van der Waals surface area contributed by atoms with E-state index in [1.54, 1.807) is 0 Å². The van der Waals surface area contributed by atoms with Gasteiger partial charge in [-0.25, -0.2) is 28.7 Å². The fraction of sp³-hybridized carbons (Fsp3) is 0.500. The number of imidazole rings is 2. The molecule has 42 heavy (non-hydrogen) atoms. The van der Waals surface area contributed by atoms with Crippen molar-refractivity contribution in [1.29, 1.82) is 0 Å². The van der Waals surface area contributed by atoms with Crippen LogP contribution < -0.4 is 17.0 Å². The molecule has 6 rings (SSSR count). The van der Waals surface area contributed by atoms with E-state index in [1.807, 2.05) is 0 Å². The number of alkyl halides is 2. The molecule has 9 atom stereocenters. The molecule has 226 valence electrons. The van der Waals surface area contributed by atoms with Gasteiger partial charge in [0.2, 0.25) is 5.95 Å². The number of nitrogens with two attached hydrogens (primary N) is 2. The van der Waals surface area contributed by atoms with Gasteiger partial charge in [0.1, 0.15) is 36.3 Å². The number of nitrogens with zero attached hydrogens (tertiary/aromatic N) is 7. The largest absolute Gasteiger partial charge is 0.394 e. The van der Waals surface area contributed by atoms with E-state index in [4.69, 9.17) is 41.8 Å². The van der Waals surface area contributed by atoms with Gasteiger partial charge < -0.3 is 40.6 Å². The minimum absolute atomic E-state index is 0.0595. The molecule has 8 N–H and O–H groups in total. The molecule has 2 aliphatic rings. The Labute approximate surface area is 237 Å². The predicted octanol–water partition coefficient (Wildman–Crippen LogP) is -1.43. The number of aromatic amines is 1. The van der Waals surface area contributed by atoms with Crippen molar-refractivity contribution in [1.82, 2.24) is 39.0 Å². The van der Waals surface area contributed by atoms with E-state index >= 15 is 8.78 Å². The zero-order valence-electron chi connectivity index (χ0n) is 21.0. The van der Waals surface area contributed by atoms with Crippen LogP contribution in [0.15, 0.2) is 23.8 Å². The number of hydrogen-bond donors (Lipinski definition) is 6. The molecular weight excluding hydrogens is 609 g/mol. The Morgan fingerprint density at radius 2 is 1.74 bits per heavy atom. The van der Waals surface area contributed by atoms with Crippen LogP contribution in [0, 0.1) is 0 Å². The third-order valence-corrected chi connectivity index (χ3v) is 8.34. The molecule has 2 saturated heterocycles. The molecule has 0 aromatic carbocycles. The minimum atomic E-state index is -4.34. The molecular formula is C20H23F2N10O8PS. The quantitative estimate of drug-likeness (QED) is 0.122. The normalized spacial score (nSPS) is 31.3. The molecule has 0 bridgehead atoms. The van der Waals surface area contributed by atoms with Gasteiger partial charge >= 0.3 is 6.72 Å². The average Bonchev–Trinajstić information content (AvgIpc) is 3.69. The fourth-order valence-corrected chi connectivity index (χ4v) is 6.19. The minimum Gasteiger partial charge on any atom is -0.394 e. The summed E-state index contributed by atoms with van der Waals surface area (Å²) in [6.45, 7) is -5.77. The van der Waals surface area contributed by atoms with Gasteiger partial charge in [-0.1, -0.05) is 0 Å². The van der Waals surface area contributed by atoms with Crippen LogP contribution in [0.5, 0.6) is 0 Å².